The van der Waals surface area contributed by atoms with E-state index in [4.69, 9.17) is 11.1 Å². The van der Waals surface area contributed by atoms with Gasteiger partial charge in [0.2, 0.25) is 0 Å². The Kier molecular flexibility index (Phi) is 3.91. The second-order valence-corrected chi connectivity index (χ2v) is 4.75. The van der Waals surface area contributed by atoms with Crippen LogP contribution in [0.1, 0.15) is 24.8 Å². The van der Waals surface area contributed by atoms with E-state index in [0.29, 0.717) is 31.1 Å². The van der Waals surface area contributed by atoms with Crippen molar-refractivity contribution in [3.63, 3.8) is 0 Å². The summed E-state index contributed by atoms with van der Waals surface area (Å²) in [4.78, 5) is 2.13. The molecule has 0 aliphatic heterocycles. The van der Waals surface area contributed by atoms with E-state index in [9.17, 15) is 8.78 Å². The van der Waals surface area contributed by atoms with Crippen LogP contribution in [0.3, 0.4) is 0 Å². The molecule has 1 aromatic rings. The molecule has 0 amide bonds. The van der Waals surface area contributed by atoms with E-state index < -0.39 is 11.6 Å². The Morgan fingerprint density at radius 1 is 1.28 bits per heavy atom. The first-order valence-electron chi connectivity index (χ1n) is 6.06. The first kappa shape index (κ1) is 13.0. The quantitative estimate of drug-likeness (QED) is 0.603. The van der Waals surface area contributed by atoms with E-state index in [1.807, 2.05) is 0 Å². The zero-order valence-corrected chi connectivity index (χ0v) is 10.1. The van der Waals surface area contributed by atoms with Gasteiger partial charge in [-0.1, -0.05) is 0 Å². The summed E-state index contributed by atoms with van der Waals surface area (Å²) in [5.74, 6) is -0.953. The third-order valence-electron chi connectivity index (χ3n) is 3.04. The molecule has 1 saturated carbocycles. The number of halogens is 2. The molecule has 0 spiro atoms. The fraction of sp³-hybridized carbons (Fsp3) is 0.462. The van der Waals surface area contributed by atoms with E-state index in [0.717, 1.165) is 18.9 Å². The van der Waals surface area contributed by atoms with Crippen molar-refractivity contribution >= 4 is 5.84 Å². The van der Waals surface area contributed by atoms with E-state index >= 15 is 0 Å². The minimum atomic E-state index is -0.549. The fourth-order valence-corrected chi connectivity index (χ4v) is 2.03. The van der Waals surface area contributed by atoms with Crippen molar-refractivity contribution < 1.29 is 8.78 Å². The molecular formula is C13H17F2N3. The molecule has 18 heavy (non-hydrogen) atoms. The number of nitrogens with one attached hydrogen (secondary N) is 1. The van der Waals surface area contributed by atoms with E-state index in [1.165, 1.54) is 12.1 Å². The summed E-state index contributed by atoms with van der Waals surface area (Å²) >= 11 is 0. The summed E-state index contributed by atoms with van der Waals surface area (Å²) in [5.41, 5.74) is 5.97. The van der Waals surface area contributed by atoms with Gasteiger partial charge in [0.1, 0.15) is 11.6 Å². The molecule has 1 aliphatic carbocycles. The average Bonchev–Trinajstić information content (AvgIpc) is 3.06. The van der Waals surface area contributed by atoms with Gasteiger partial charge in [-0.3, -0.25) is 10.3 Å². The number of nitrogens with two attached hydrogens (primary N) is 1. The van der Waals surface area contributed by atoms with Gasteiger partial charge in [-0.25, -0.2) is 8.78 Å². The van der Waals surface area contributed by atoms with Gasteiger partial charge in [0.05, 0.1) is 5.84 Å². The maximum Gasteiger partial charge on any atom is 0.126 e. The smallest absolute Gasteiger partial charge is 0.126 e. The topological polar surface area (TPSA) is 53.1 Å². The van der Waals surface area contributed by atoms with Crippen molar-refractivity contribution in [2.75, 3.05) is 6.54 Å². The summed E-state index contributed by atoms with van der Waals surface area (Å²) in [6, 6.07) is 4.05. The molecule has 2 rings (SSSR count). The van der Waals surface area contributed by atoms with Gasteiger partial charge in [-0.15, -0.1) is 0 Å². The monoisotopic (exact) mass is 253 g/mol. The van der Waals surface area contributed by atoms with Crippen molar-refractivity contribution in [1.29, 1.82) is 5.41 Å². The van der Waals surface area contributed by atoms with Gasteiger partial charge < -0.3 is 5.73 Å². The van der Waals surface area contributed by atoms with Crippen molar-refractivity contribution in [3.8, 4) is 0 Å². The molecule has 0 atom stereocenters. The van der Waals surface area contributed by atoms with Crippen LogP contribution in [0.15, 0.2) is 18.2 Å². The first-order chi connectivity index (χ1) is 8.54. The molecule has 1 aromatic carbocycles. The number of hydrogen-bond donors (Lipinski definition) is 2. The van der Waals surface area contributed by atoms with E-state index in [-0.39, 0.29) is 5.84 Å². The van der Waals surface area contributed by atoms with Crippen LogP contribution in [0.2, 0.25) is 0 Å². The molecule has 98 valence electrons. The SMILES string of the molecule is N=C(N)CCN(Cc1cc(F)cc(F)c1)C1CC1. The first-order valence-corrected chi connectivity index (χ1v) is 6.06. The van der Waals surface area contributed by atoms with Crippen LogP contribution >= 0.6 is 0 Å². The van der Waals surface area contributed by atoms with Gasteiger partial charge in [0, 0.05) is 31.6 Å². The zero-order chi connectivity index (χ0) is 13.1. The Hall–Kier alpha value is -1.49. The molecule has 3 N–H and O–H groups in total. The molecule has 5 heteroatoms. The van der Waals surface area contributed by atoms with Gasteiger partial charge in [0.15, 0.2) is 0 Å². The maximum atomic E-state index is 13.1. The lowest BCUT2D eigenvalue weighted by Gasteiger charge is -2.21. The predicted octanol–water partition coefficient (Wildman–Crippen LogP) is 2.26. The molecular weight excluding hydrogens is 236 g/mol. The molecule has 0 heterocycles. The van der Waals surface area contributed by atoms with E-state index in [1.54, 1.807) is 0 Å². The van der Waals surface area contributed by atoms with Gasteiger partial charge in [-0.2, -0.15) is 0 Å². The molecule has 0 radical (unpaired) electrons. The Morgan fingerprint density at radius 2 is 1.89 bits per heavy atom. The Morgan fingerprint density at radius 3 is 2.39 bits per heavy atom. The summed E-state index contributed by atoms with van der Waals surface area (Å²) in [5, 5.41) is 7.23. The van der Waals surface area contributed by atoms with Crippen LogP contribution in [-0.4, -0.2) is 23.3 Å². The van der Waals surface area contributed by atoms with Crippen molar-refractivity contribution in [2.45, 2.75) is 31.8 Å². The lowest BCUT2D eigenvalue weighted by Crippen LogP contribution is -2.29. The van der Waals surface area contributed by atoms with Crippen LogP contribution in [0.5, 0.6) is 0 Å². The number of amidine groups is 1. The van der Waals surface area contributed by atoms with Crippen LogP contribution < -0.4 is 5.73 Å². The zero-order valence-electron chi connectivity index (χ0n) is 10.1. The third kappa shape index (κ3) is 3.77. The minimum absolute atomic E-state index is 0.145. The number of rotatable bonds is 6. The fourth-order valence-electron chi connectivity index (χ4n) is 2.03. The van der Waals surface area contributed by atoms with Gasteiger partial charge >= 0.3 is 0 Å². The Balaban J connectivity index is 2.01. The van der Waals surface area contributed by atoms with Crippen molar-refractivity contribution in [1.82, 2.24) is 4.90 Å². The molecule has 1 fully saturated rings. The normalized spacial score (nSPS) is 15.1. The molecule has 0 aromatic heterocycles. The standard InChI is InChI=1S/C13H17F2N3/c14-10-5-9(6-11(15)7-10)8-18(12-1-2-12)4-3-13(16)17/h5-7,12H,1-4,8H2,(H3,16,17). The lowest BCUT2D eigenvalue weighted by atomic mass is 10.2. The van der Waals surface area contributed by atoms with E-state index in [2.05, 4.69) is 4.90 Å². The summed E-state index contributed by atoms with van der Waals surface area (Å²) in [6.45, 7) is 1.17. The molecule has 0 bridgehead atoms. The van der Waals surface area contributed by atoms with Crippen molar-refractivity contribution in [3.05, 3.63) is 35.4 Å². The molecule has 1 aliphatic rings. The van der Waals surface area contributed by atoms with Crippen LogP contribution in [0.4, 0.5) is 8.78 Å². The number of hydrogen-bond acceptors (Lipinski definition) is 2. The summed E-state index contributed by atoms with van der Waals surface area (Å²) in [7, 11) is 0. The third-order valence-corrected chi connectivity index (χ3v) is 3.04. The predicted molar refractivity (Wildman–Crippen MR) is 66.3 cm³/mol. The maximum absolute atomic E-state index is 13.1. The molecule has 3 nitrogen and oxygen atoms in total. The second kappa shape index (κ2) is 5.44. The highest BCUT2D eigenvalue weighted by Gasteiger charge is 2.28. The highest BCUT2D eigenvalue weighted by atomic mass is 19.1. The lowest BCUT2D eigenvalue weighted by molar-refractivity contribution is 0.261. The van der Waals surface area contributed by atoms with Crippen LogP contribution in [0.25, 0.3) is 0 Å². The molecule has 0 unspecified atom stereocenters. The Labute approximate surface area is 105 Å². The molecule has 0 saturated heterocycles. The van der Waals surface area contributed by atoms with Gasteiger partial charge in [-0.05, 0) is 30.5 Å². The number of nitrogens with zero attached hydrogens (tertiary/aromatic N) is 1. The van der Waals surface area contributed by atoms with Crippen molar-refractivity contribution in [2.24, 2.45) is 5.73 Å². The van der Waals surface area contributed by atoms with Crippen LogP contribution in [-0.2, 0) is 6.54 Å². The Bertz CT molecular complexity index is 424. The minimum Gasteiger partial charge on any atom is -0.388 e. The highest BCUT2D eigenvalue weighted by Crippen LogP contribution is 2.28. The summed E-state index contributed by atoms with van der Waals surface area (Å²) < 4.78 is 26.2. The largest absolute Gasteiger partial charge is 0.388 e. The average molecular weight is 253 g/mol. The highest BCUT2D eigenvalue weighted by molar-refractivity contribution is 5.76. The van der Waals surface area contributed by atoms with Gasteiger partial charge in [0.25, 0.3) is 0 Å². The van der Waals surface area contributed by atoms with Crippen LogP contribution in [0, 0.1) is 17.0 Å². The number of benzene rings is 1. The summed E-state index contributed by atoms with van der Waals surface area (Å²) in [6.07, 6.45) is 2.71. The second-order valence-electron chi connectivity index (χ2n) is 4.75.